The van der Waals surface area contributed by atoms with Gasteiger partial charge in [-0.15, -0.1) is 0 Å². The molecule has 1 aliphatic heterocycles. The lowest BCUT2D eigenvalue weighted by Crippen LogP contribution is -2.35. The van der Waals surface area contributed by atoms with E-state index in [-0.39, 0.29) is 5.92 Å². The number of aryl methyl sites for hydroxylation is 1. The lowest BCUT2D eigenvalue weighted by atomic mass is 9.97. The molecule has 1 atom stereocenters. The molecule has 0 spiro atoms. The molecule has 3 aromatic rings. The van der Waals surface area contributed by atoms with Crippen molar-refractivity contribution in [3.63, 3.8) is 0 Å². The van der Waals surface area contributed by atoms with Gasteiger partial charge in [-0.1, -0.05) is 0 Å². The van der Waals surface area contributed by atoms with Crippen LogP contribution in [-0.4, -0.2) is 43.0 Å². The minimum atomic E-state index is 0.253. The molecule has 0 unspecified atom stereocenters. The fraction of sp³-hybridized carbons (Fsp3) is 0.333. The smallest absolute Gasteiger partial charge is 0.228 e. The second-order valence-electron chi connectivity index (χ2n) is 6.30. The molecule has 1 N–H and O–H groups in total. The molecule has 0 saturated carbocycles. The Morgan fingerprint density at radius 3 is 2.77 bits per heavy atom. The van der Waals surface area contributed by atoms with Gasteiger partial charge in [0, 0.05) is 55.6 Å². The van der Waals surface area contributed by atoms with Gasteiger partial charge < -0.3 is 10.2 Å². The lowest BCUT2D eigenvalue weighted by Gasteiger charge is -2.32. The van der Waals surface area contributed by atoms with Crippen LogP contribution in [0.2, 0.25) is 0 Å². The van der Waals surface area contributed by atoms with Crippen LogP contribution in [0.1, 0.15) is 30.3 Å². The topological polar surface area (TPSA) is 92.6 Å². The molecule has 1 saturated heterocycles. The van der Waals surface area contributed by atoms with Crippen LogP contribution in [0.25, 0.3) is 0 Å². The van der Waals surface area contributed by atoms with Crippen molar-refractivity contribution in [3.05, 3.63) is 54.6 Å². The summed E-state index contributed by atoms with van der Waals surface area (Å²) in [4.78, 5) is 28.6. The molecule has 4 rings (SSSR count). The van der Waals surface area contributed by atoms with Gasteiger partial charge in [0.15, 0.2) is 0 Å². The maximum absolute atomic E-state index is 4.72. The quantitative estimate of drug-likeness (QED) is 0.769. The van der Waals surface area contributed by atoms with Gasteiger partial charge in [0.05, 0.1) is 6.20 Å². The monoisotopic (exact) mass is 348 g/mol. The first-order valence-corrected chi connectivity index (χ1v) is 8.68. The third kappa shape index (κ3) is 3.74. The molecule has 4 heterocycles. The largest absolute Gasteiger partial charge is 0.355 e. The lowest BCUT2D eigenvalue weighted by molar-refractivity contribution is 0.488. The van der Waals surface area contributed by atoms with Crippen LogP contribution < -0.4 is 10.2 Å². The van der Waals surface area contributed by atoms with Crippen LogP contribution in [0, 0.1) is 6.92 Å². The Labute approximate surface area is 151 Å². The third-order valence-electron chi connectivity index (χ3n) is 4.34. The zero-order valence-corrected chi connectivity index (χ0v) is 14.6. The van der Waals surface area contributed by atoms with E-state index in [9.17, 15) is 0 Å². The fourth-order valence-electron chi connectivity index (χ4n) is 3.17. The third-order valence-corrected chi connectivity index (χ3v) is 4.34. The van der Waals surface area contributed by atoms with Crippen LogP contribution in [0.4, 0.5) is 17.6 Å². The highest BCUT2D eigenvalue weighted by atomic mass is 15.2. The minimum Gasteiger partial charge on any atom is -0.355 e. The molecule has 1 fully saturated rings. The van der Waals surface area contributed by atoms with Crippen molar-refractivity contribution in [3.8, 4) is 0 Å². The van der Waals surface area contributed by atoms with Gasteiger partial charge in [0.2, 0.25) is 5.95 Å². The Morgan fingerprint density at radius 2 is 1.96 bits per heavy atom. The second-order valence-corrected chi connectivity index (χ2v) is 6.30. The fourth-order valence-corrected chi connectivity index (χ4v) is 3.17. The summed E-state index contributed by atoms with van der Waals surface area (Å²) in [6.07, 6.45) is 10.8. The van der Waals surface area contributed by atoms with Crippen LogP contribution in [0.3, 0.4) is 0 Å². The molecule has 0 amide bonds. The van der Waals surface area contributed by atoms with E-state index < -0.39 is 0 Å². The first-order valence-electron chi connectivity index (χ1n) is 8.68. The van der Waals surface area contributed by atoms with Gasteiger partial charge in [0.1, 0.15) is 17.5 Å². The molecular weight excluding hydrogens is 328 g/mol. The molecule has 3 aromatic heterocycles. The van der Waals surface area contributed by atoms with E-state index in [4.69, 9.17) is 4.98 Å². The molecule has 0 aromatic carbocycles. The summed E-state index contributed by atoms with van der Waals surface area (Å²) in [7, 11) is 0. The molecule has 26 heavy (non-hydrogen) atoms. The van der Waals surface area contributed by atoms with Gasteiger partial charge in [-0.05, 0) is 25.8 Å². The summed E-state index contributed by atoms with van der Waals surface area (Å²) in [6, 6.07) is 3.69. The Bertz CT molecular complexity index is 856. The summed E-state index contributed by atoms with van der Waals surface area (Å²) < 4.78 is 0. The number of aromatic nitrogens is 6. The standard InChI is InChI=1S/C18H20N8/c1-13-10-15(25-18-21-5-3-6-22-18)24-17(23-13)14-4-2-9-26(12-14)16-11-19-7-8-20-16/h3,5-8,10-11,14H,2,4,9,12H2,1H3,(H,21,22,23,24,25)/t14-/m0/s1. The van der Waals surface area contributed by atoms with E-state index in [1.165, 1.54) is 0 Å². The molecule has 0 aliphatic carbocycles. The number of rotatable bonds is 4. The average Bonchev–Trinajstić information content (AvgIpc) is 2.69. The summed E-state index contributed by atoms with van der Waals surface area (Å²) in [5.74, 6) is 3.25. The number of anilines is 3. The number of hydrogen-bond donors (Lipinski definition) is 1. The van der Waals surface area contributed by atoms with Gasteiger partial charge in [-0.25, -0.2) is 24.9 Å². The van der Waals surface area contributed by atoms with E-state index in [0.717, 1.165) is 49.1 Å². The summed E-state index contributed by atoms with van der Waals surface area (Å²) in [5.41, 5.74) is 0.921. The number of nitrogens with one attached hydrogen (secondary N) is 1. The summed E-state index contributed by atoms with van der Waals surface area (Å²) in [5, 5.41) is 3.16. The van der Waals surface area contributed by atoms with Gasteiger partial charge in [-0.3, -0.25) is 4.98 Å². The van der Waals surface area contributed by atoms with Crippen molar-refractivity contribution < 1.29 is 0 Å². The highest BCUT2D eigenvalue weighted by Gasteiger charge is 2.25. The molecule has 8 heteroatoms. The maximum atomic E-state index is 4.72. The zero-order chi connectivity index (χ0) is 17.8. The van der Waals surface area contributed by atoms with Crippen molar-refractivity contribution >= 4 is 17.6 Å². The van der Waals surface area contributed by atoms with E-state index in [2.05, 4.69) is 35.1 Å². The van der Waals surface area contributed by atoms with Gasteiger partial charge >= 0.3 is 0 Å². The first-order chi connectivity index (χ1) is 12.8. The second kappa shape index (κ2) is 7.38. The predicted octanol–water partition coefficient (Wildman–Crippen LogP) is 2.49. The normalized spacial score (nSPS) is 17.1. The average molecular weight is 348 g/mol. The van der Waals surface area contributed by atoms with Crippen molar-refractivity contribution in [1.29, 1.82) is 0 Å². The minimum absolute atomic E-state index is 0.253. The van der Waals surface area contributed by atoms with Crippen molar-refractivity contribution in [2.45, 2.75) is 25.7 Å². The van der Waals surface area contributed by atoms with Gasteiger partial charge in [-0.2, -0.15) is 0 Å². The number of hydrogen-bond acceptors (Lipinski definition) is 8. The molecule has 1 aliphatic rings. The molecule has 0 bridgehead atoms. The summed E-state index contributed by atoms with van der Waals surface area (Å²) >= 11 is 0. The Balaban J connectivity index is 1.55. The highest BCUT2D eigenvalue weighted by molar-refractivity contribution is 5.48. The highest BCUT2D eigenvalue weighted by Crippen LogP contribution is 2.28. The Kier molecular flexibility index (Phi) is 4.63. The van der Waals surface area contributed by atoms with Gasteiger partial charge in [0.25, 0.3) is 0 Å². The SMILES string of the molecule is Cc1cc(Nc2ncccn2)nc([C@H]2CCCN(c3cnccn3)C2)n1. The van der Waals surface area contributed by atoms with Crippen molar-refractivity contribution in [2.24, 2.45) is 0 Å². The molecule has 8 nitrogen and oxygen atoms in total. The Morgan fingerprint density at radius 1 is 1.08 bits per heavy atom. The zero-order valence-electron chi connectivity index (χ0n) is 14.6. The molecular formula is C18H20N8. The van der Waals surface area contributed by atoms with E-state index in [1.807, 2.05) is 13.0 Å². The predicted molar refractivity (Wildman–Crippen MR) is 98.3 cm³/mol. The molecule has 132 valence electrons. The number of piperidine rings is 1. The van der Waals surface area contributed by atoms with Crippen LogP contribution in [0.15, 0.2) is 43.1 Å². The molecule has 0 radical (unpaired) electrons. The van der Waals surface area contributed by atoms with Crippen molar-refractivity contribution in [1.82, 2.24) is 29.9 Å². The van der Waals surface area contributed by atoms with E-state index >= 15 is 0 Å². The van der Waals surface area contributed by atoms with Crippen molar-refractivity contribution in [2.75, 3.05) is 23.3 Å². The van der Waals surface area contributed by atoms with E-state index in [1.54, 1.807) is 37.1 Å². The van der Waals surface area contributed by atoms with Crippen LogP contribution in [-0.2, 0) is 0 Å². The first kappa shape index (κ1) is 16.3. The van der Waals surface area contributed by atoms with Crippen LogP contribution >= 0.6 is 0 Å². The Hall–Kier alpha value is -3.16. The number of nitrogens with zero attached hydrogens (tertiary/aromatic N) is 7. The van der Waals surface area contributed by atoms with E-state index in [0.29, 0.717) is 5.95 Å². The summed E-state index contributed by atoms with van der Waals surface area (Å²) in [6.45, 7) is 3.79. The van der Waals surface area contributed by atoms with Crippen LogP contribution in [0.5, 0.6) is 0 Å². The maximum Gasteiger partial charge on any atom is 0.228 e.